The van der Waals surface area contributed by atoms with Gasteiger partial charge in [0.1, 0.15) is 5.75 Å². The van der Waals surface area contributed by atoms with E-state index in [1.807, 2.05) is 26.2 Å². The molecule has 0 spiro atoms. The van der Waals surface area contributed by atoms with Crippen LogP contribution in [0.4, 0.5) is 5.69 Å². The zero-order valence-corrected chi connectivity index (χ0v) is 11.9. The molecule has 106 valence electrons. The Labute approximate surface area is 114 Å². The van der Waals surface area contributed by atoms with Gasteiger partial charge in [0, 0.05) is 13.6 Å². The molecular formula is C14H23N3O2. The standard InChI is InChI=1S/C14H23N3O2/c1-16(2)9-6-10-17(3)14(18)11-19-13-8-5-4-7-12(13)15/h4-5,7-8H,6,9-11,15H2,1-3H3. The number of para-hydroxylation sites is 2. The number of carbonyl (C=O) groups is 1. The number of hydrogen-bond donors (Lipinski definition) is 1. The maximum absolute atomic E-state index is 11.8. The Kier molecular flexibility index (Phi) is 6.15. The molecule has 0 heterocycles. The maximum Gasteiger partial charge on any atom is 0.260 e. The van der Waals surface area contributed by atoms with Crippen molar-refractivity contribution in [2.24, 2.45) is 0 Å². The molecule has 1 rings (SSSR count). The zero-order chi connectivity index (χ0) is 14.3. The summed E-state index contributed by atoms with van der Waals surface area (Å²) in [6.45, 7) is 1.71. The largest absolute Gasteiger partial charge is 0.482 e. The van der Waals surface area contributed by atoms with Crippen molar-refractivity contribution in [1.29, 1.82) is 0 Å². The van der Waals surface area contributed by atoms with Crippen LogP contribution in [0.3, 0.4) is 0 Å². The van der Waals surface area contributed by atoms with Crippen molar-refractivity contribution in [1.82, 2.24) is 9.80 Å². The quantitative estimate of drug-likeness (QED) is 0.749. The van der Waals surface area contributed by atoms with E-state index in [2.05, 4.69) is 4.90 Å². The molecule has 0 radical (unpaired) electrons. The fourth-order valence-electron chi connectivity index (χ4n) is 1.61. The molecular weight excluding hydrogens is 242 g/mol. The second-order valence-corrected chi connectivity index (χ2v) is 4.80. The lowest BCUT2D eigenvalue weighted by molar-refractivity contribution is -0.132. The number of carbonyl (C=O) groups excluding carboxylic acids is 1. The Morgan fingerprint density at radius 1 is 1.21 bits per heavy atom. The van der Waals surface area contributed by atoms with Crippen LogP contribution >= 0.6 is 0 Å². The summed E-state index contributed by atoms with van der Waals surface area (Å²) in [5, 5.41) is 0. The second kappa shape index (κ2) is 7.63. The van der Waals surface area contributed by atoms with E-state index >= 15 is 0 Å². The minimum atomic E-state index is -0.0398. The lowest BCUT2D eigenvalue weighted by atomic mass is 10.3. The van der Waals surface area contributed by atoms with E-state index in [-0.39, 0.29) is 12.5 Å². The van der Waals surface area contributed by atoms with Crippen LogP contribution in [0, 0.1) is 0 Å². The van der Waals surface area contributed by atoms with Gasteiger partial charge in [-0.2, -0.15) is 0 Å². The van der Waals surface area contributed by atoms with Crippen LogP contribution in [0.15, 0.2) is 24.3 Å². The van der Waals surface area contributed by atoms with Crippen molar-refractivity contribution in [2.75, 3.05) is 46.6 Å². The molecule has 0 bridgehead atoms. The van der Waals surface area contributed by atoms with Crippen LogP contribution in [0.5, 0.6) is 5.75 Å². The summed E-state index contributed by atoms with van der Waals surface area (Å²) in [4.78, 5) is 15.6. The highest BCUT2D eigenvalue weighted by atomic mass is 16.5. The first-order valence-electron chi connectivity index (χ1n) is 6.36. The van der Waals surface area contributed by atoms with Crippen LogP contribution in [0.1, 0.15) is 6.42 Å². The molecule has 5 nitrogen and oxygen atoms in total. The van der Waals surface area contributed by atoms with Gasteiger partial charge in [0.2, 0.25) is 0 Å². The van der Waals surface area contributed by atoms with Crippen LogP contribution in [0.25, 0.3) is 0 Å². The number of nitrogen functional groups attached to an aromatic ring is 1. The summed E-state index contributed by atoms with van der Waals surface area (Å²) in [5.41, 5.74) is 6.29. The summed E-state index contributed by atoms with van der Waals surface area (Å²) in [5.74, 6) is 0.513. The normalized spacial score (nSPS) is 10.5. The fourth-order valence-corrected chi connectivity index (χ4v) is 1.61. The molecule has 0 aliphatic heterocycles. The number of anilines is 1. The maximum atomic E-state index is 11.8. The number of nitrogens with two attached hydrogens (primary N) is 1. The molecule has 0 atom stereocenters. The van der Waals surface area contributed by atoms with Gasteiger partial charge in [-0.15, -0.1) is 0 Å². The minimum absolute atomic E-state index is 0.0205. The molecule has 1 aromatic carbocycles. The molecule has 1 aromatic rings. The topological polar surface area (TPSA) is 58.8 Å². The highest BCUT2D eigenvalue weighted by molar-refractivity contribution is 5.77. The lowest BCUT2D eigenvalue weighted by Gasteiger charge is -2.19. The van der Waals surface area contributed by atoms with E-state index in [4.69, 9.17) is 10.5 Å². The van der Waals surface area contributed by atoms with E-state index in [0.29, 0.717) is 11.4 Å². The predicted octanol–water partition coefficient (Wildman–Crippen LogP) is 1.06. The van der Waals surface area contributed by atoms with Crippen LogP contribution in [-0.2, 0) is 4.79 Å². The van der Waals surface area contributed by atoms with Gasteiger partial charge in [0.25, 0.3) is 5.91 Å². The lowest BCUT2D eigenvalue weighted by Crippen LogP contribution is -2.33. The van der Waals surface area contributed by atoms with Crippen LogP contribution < -0.4 is 10.5 Å². The highest BCUT2D eigenvalue weighted by Gasteiger charge is 2.10. The summed E-state index contributed by atoms with van der Waals surface area (Å²) in [6, 6.07) is 7.17. The van der Waals surface area contributed by atoms with Gasteiger partial charge in [0.15, 0.2) is 6.61 Å². The molecule has 0 saturated carbocycles. The third kappa shape index (κ3) is 5.61. The van der Waals surface area contributed by atoms with Gasteiger partial charge < -0.3 is 20.3 Å². The van der Waals surface area contributed by atoms with Gasteiger partial charge in [-0.05, 0) is 39.2 Å². The van der Waals surface area contributed by atoms with Gasteiger partial charge in [-0.3, -0.25) is 4.79 Å². The molecule has 5 heteroatoms. The molecule has 1 amide bonds. The highest BCUT2D eigenvalue weighted by Crippen LogP contribution is 2.19. The SMILES string of the molecule is CN(C)CCCN(C)C(=O)COc1ccccc1N. The first-order valence-corrected chi connectivity index (χ1v) is 6.36. The average molecular weight is 265 g/mol. The van der Waals surface area contributed by atoms with Crippen molar-refractivity contribution >= 4 is 11.6 Å². The fraction of sp³-hybridized carbons (Fsp3) is 0.500. The van der Waals surface area contributed by atoms with Crippen molar-refractivity contribution in [2.45, 2.75) is 6.42 Å². The predicted molar refractivity (Wildman–Crippen MR) is 77.2 cm³/mol. The summed E-state index contributed by atoms with van der Waals surface area (Å²) >= 11 is 0. The molecule has 2 N–H and O–H groups in total. The molecule has 0 aliphatic rings. The Bertz CT molecular complexity index is 407. The number of amides is 1. The Hall–Kier alpha value is -1.75. The third-order valence-electron chi connectivity index (χ3n) is 2.79. The summed E-state index contributed by atoms with van der Waals surface area (Å²) in [7, 11) is 5.82. The molecule has 0 aliphatic carbocycles. The summed E-state index contributed by atoms with van der Waals surface area (Å²) < 4.78 is 5.42. The second-order valence-electron chi connectivity index (χ2n) is 4.80. The molecule has 0 saturated heterocycles. The van der Waals surface area contributed by atoms with Gasteiger partial charge in [-0.25, -0.2) is 0 Å². The van der Waals surface area contributed by atoms with Crippen molar-refractivity contribution in [3.05, 3.63) is 24.3 Å². The first-order chi connectivity index (χ1) is 9.00. The van der Waals surface area contributed by atoms with Gasteiger partial charge >= 0.3 is 0 Å². The number of benzene rings is 1. The van der Waals surface area contributed by atoms with E-state index in [1.165, 1.54) is 0 Å². The molecule has 0 aromatic heterocycles. The Morgan fingerprint density at radius 3 is 2.53 bits per heavy atom. The minimum Gasteiger partial charge on any atom is -0.482 e. The van der Waals surface area contributed by atoms with Crippen LogP contribution in [-0.4, -0.2) is 56.5 Å². The first kappa shape index (κ1) is 15.3. The zero-order valence-electron chi connectivity index (χ0n) is 11.9. The van der Waals surface area contributed by atoms with Gasteiger partial charge in [-0.1, -0.05) is 12.1 Å². The molecule has 19 heavy (non-hydrogen) atoms. The van der Waals surface area contributed by atoms with E-state index in [1.54, 1.807) is 24.1 Å². The summed E-state index contributed by atoms with van der Waals surface area (Å²) in [6.07, 6.45) is 0.947. The number of likely N-dealkylation sites (N-methyl/N-ethyl adjacent to an activating group) is 1. The third-order valence-corrected chi connectivity index (χ3v) is 2.79. The van der Waals surface area contributed by atoms with Gasteiger partial charge in [0.05, 0.1) is 5.69 Å². The van der Waals surface area contributed by atoms with Crippen molar-refractivity contribution in [3.63, 3.8) is 0 Å². The number of nitrogens with zero attached hydrogens (tertiary/aromatic N) is 2. The van der Waals surface area contributed by atoms with Crippen molar-refractivity contribution in [3.8, 4) is 5.75 Å². The molecule has 0 fully saturated rings. The van der Waals surface area contributed by atoms with E-state index in [9.17, 15) is 4.79 Å². The number of hydrogen-bond acceptors (Lipinski definition) is 4. The number of ether oxygens (including phenoxy) is 1. The Balaban J connectivity index is 2.32. The van der Waals surface area contributed by atoms with Crippen LogP contribution in [0.2, 0.25) is 0 Å². The van der Waals surface area contributed by atoms with E-state index in [0.717, 1.165) is 19.5 Å². The van der Waals surface area contributed by atoms with Crippen molar-refractivity contribution < 1.29 is 9.53 Å². The monoisotopic (exact) mass is 265 g/mol. The average Bonchev–Trinajstić information content (AvgIpc) is 2.36. The van der Waals surface area contributed by atoms with E-state index < -0.39 is 0 Å². The Morgan fingerprint density at radius 2 is 1.89 bits per heavy atom. The molecule has 0 unspecified atom stereocenters. The number of rotatable bonds is 7. The smallest absolute Gasteiger partial charge is 0.260 e.